The first-order valence-electron chi connectivity index (χ1n) is 5.30. The van der Waals surface area contributed by atoms with Crippen LogP contribution in [0.4, 0.5) is 8.78 Å². The van der Waals surface area contributed by atoms with Crippen molar-refractivity contribution in [3.8, 4) is 5.75 Å². The molecule has 5 nitrogen and oxygen atoms in total. The Morgan fingerprint density at radius 3 is 2.84 bits per heavy atom. The highest BCUT2D eigenvalue weighted by molar-refractivity contribution is 7.71. The number of hydrogen-bond donors (Lipinski definition) is 1. The lowest BCUT2D eigenvalue weighted by Gasteiger charge is -2.06. The van der Waals surface area contributed by atoms with Gasteiger partial charge in [-0.05, 0) is 31.3 Å². The van der Waals surface area contributed by atoms with Gasteiger partial charge in [0.05, 0.1) is 6.21 Å². The number of aromatic nitrogens is 3. The minimum absolute atomic E-state index is 0.0499. The number of rotatable bonds is 4. The van der Waals surface area contributed by atoms with E-state index in [9.17, 15) is 8.78 Å². The smallest absolute Gasteiger partial charge is 0.387 e. The zero-order valence-electron chi connectivity index (χ0n) is 9.88. The molecule has 0 saturated carbocycles. The molecule has 2 rings (SSSR count). The first-order valence-corrected chi connectivity index (χ1v) is 5.71. The molecule has 0 unspecified atom stereocenters. The summed E-state index contributed by atoms with van der Waals surface area (Å²) in [6, 6.07) is 6.35. The van der Waals surface area contributed by atoms with Gasteiger partial charge in [-0.2, -0.15) is 23.7 Å². The molecule has 0 saturated heterocycles. The van der Waals surface area contributed by atoms with Gasteiger partial charge in [0.25, 0.3) is 0 Å². The molecule has 0 bridgehead atoms. The molecule has 0 radical (unpaired) electrons. The maximum Gasteiger partial charge on any atom is 0.387 e. The van der Waals surface area contributed by atoms with Crippen LogP contribution in [0.25, 0.3) is 0 Å². The number of ether oxygens (including phenoxy) is 1. The van der Waals surface area contributed by atoms with Gasteiger partial charge >= 0.3 is 6.61 Å². The Morgan fingerprint density at radius 2 is 2.21 bits per heavy atom. The summed E-state index contributed by atoms with van der Waals surface area (Å²) in [6.45, 7) is -1.17. The van der Waals surface area contributed by atoms with Gasteiger partial charge in [0.15, 0.2) is 0 Å². The van der Waals surface area contributed by atoms with Crippen molar-refractivity contribution in [3.63, 3.8) is 0 Å². The molecule has 0 aliphatic rings. The number of nitrogens with zero attached hydrogens (tertiary/aromatic N) is 3. The number of aromatic amines is 1. The molecule has 0 fully saturated rings. The molecular weight excluding hydrogens is 274 g/mol. The first-order chi connectivity index (χ1) is 9.08. The molecule has 1 aromatic heterocycles. The molecule has 2 aromatic rings. The summed E-state index contributed by atoms with van der Waals surface area (Å²) in [5, 5.41) is 10.5. The highest BCUT2D eigenvalue weighted by atomic mass is 32.1. The van der Waals surface area contributed by atoms with Crippen LogP contribution in [0.15, 0.2) is 29.4 Å². The Balaban J connectivity index is 2.31. The van der Waals surface area contributed by atoms with Crippen LogP contribution < -0.4 is 4.74 Å². The van der Waals surface area contributed by atoms with Crippen LogP contribution in [0.1, 0.15) is 11.4 Å². The zero-order chi connectivity index (χ0) is 13.8. The standard InChI is InChI=1S/C11H10F2N4OS/c1-7-15-16-11(19)17(7)14-6-8-4-2-3-5-9(8)18-10(12)13/h2-6,10H,1H3,(H,16,19)/b14-6+. The van der Waals surface area contributed by atoms with Crippen molar-refractivity contribution >= 4 is 18.4 Å². The summed E-state index contributed by atoms with van der Waals surface area (Å²) in [6.07, 6.45) is 1.38. The largest absolute Gasteiger partial charge is 0.434 e. The molecule has 0 aliphatic heterocycles. The van der Waals surface area contributed by atoms with E-state index in [1.807, 2.05) is 0 Å². The lowest BCUT2D eigenvalue weighted by molar-refractivity contribution is -0.0499. The third kappa shape index (κ3) is 3.22. The van der Waals surface area contributed by atoms with Gasteiger partial charge in [0.1, 0.15) is 11.6 Å². The average Bonchev–Trinajstić information content (AvgIpc) is 2.68. The second kappa shape index (κ2) is 5.70. The second-order valence-electron chi connectivity index (χ2n) is 3.55. The van der Waals surface area contributed by atoms with Crippen molar-refractivity contribution in [1.29, 1.82) is 0 Å². The van der Waals surface area contributed by atoms with Crippen LogP contribution in [-0.2, 0) is 0 Å². The Kier molecular flexibility index (Phi) is 4.00. The Bertz CT molecular complexity index is 650. The van der Waals surface area contributed by atoms with Crippen LogP contribution in [-0.4, -0.2) is 27.7 Å². The fraction of sp³-hybridized carbons (Fsp3) is 0.182. The zero-order valence-corrected chi connectivity index (χ0v) is 10.7. The maximum atomic E-state index is 12.2. The SMILES string of the molecule is Cc1n[nH]c(=S)n1/N=C/c1ccccc1OC(F)F. The Labute approximate surface area is 112 Å². The van der Waals surface area contributed by atoms with Gasteiger partial charge in [0, 0.05) is 5.56 Å². The average molecular weight is 284 g/mol. The number of hydrogen-bond acceptors (Lipinski definition) is 4. The molecular formula is C11H10F2N4OS. The van der Waals surface area contributed by atoms with Crippen molar-refractivity contribution in [2.75, 3.05) is 0 Å². The van der Waals surface area contributed by atoms with Gasteiger partial charge < -0.3 is 4.74 Å². The lowest BCUT2D eigenvalue weighted by atomic mass is 10.2. The van der Waals surface area contributed by atoms with Crippen molar-refractivity contribution < 1.29 is 13.5 Å². The number of para-hydroxylation sites is 1. The summed E-state index contributed by atoms with van der Waals surface area (Å²) >= 11 is 4.97. The predicted molar refractivity (Wildman–Crippen MR) is 68.2 cm³/mol. The maximum absolute atomic E-state index is 12.2. The highest BCUT2D eigenvalue weighted by Crippen LogP contribution is 2.18. The second-order valence-corrected chi connectivity index (χ2v) is 3.94. The van der Waals surface area contributed by atoms with Crippen LogP contribution in [0.2, 0.25) is 0 Å². The van der Waals surface area contributed by atoms with E-state index < -0.39 is 6.61 Å². The molecule has 0 spiro atoms. The summed E-state index contributed by atoms with van der Waals surface area (Å²) in [5.41, 5.74) is 0.422. The van der Waals surface area contributed by atoms with E-state index in [0.717, 1.165) is 0 Å². The van der Waals surface area contributed by atoms with Gasteiger partial charge in [-0.15, -0.1) is 0 Å². The van der Waals surface area contributed by atoms with E-state index in [1.165, 1.54) is 17.0 Å². The monoisotopic (exact) mass is 284 g/mol. The van der Waals surface area contributed by atoms with Gasteiger partial charge in [-0.1, -0.05) is 12.1 Å². The van der Waals surface area contributed by atoms with Crippen molar-refractivity contribution in [1.82, 2.24) is 14.9 Å². The molecule has 19 heavy (non-hydrogen) atoms. The van der Waals surface area contributed by atoms with Gasteiger partial charge in [-0.3, -0.25) is 5.10 Å². The Morgan fingerprint density at radius 1 is 1.47 bits per heavy atom. The fourth-order valence-corrected chi connectivity index (χ4v) is 1.64. The summed E-state index contributed by atoms with van der Waals surface area (Å²) in [4.78, 5) is 0. The third-order valence-corrected chi connectivity index (χ3v) is 2.52. The van der Waals surface area contributed by atoms with Crippen molar-refractivity contribution in [2.24, 2.45) is 5.10 Å². The molecule has 0 atom stereocenters. The normalized spacial score (nSPS) is 11.4. The van der Waals surface area contributed by atoms with Gasteiger partial charge in [0.2, 0.25) is 4.77 Å². The number of alkyl halides is 2. The van der Waals surface area contributed by atoms with Crippen molar-refractivity contribution in [2.45, 2.75) is 13.5 Å². The molecule has 0 amide bonds. The van der Waals surface area contributed by atoms with Crippen LogP contribution in [0, 0.1) is 11.7 Å². The minimum Gasteiger partial charge on any atom is -0.434 e. The summed E-state index contributed by atoms with van der Waals surface area (Å²) < 4.78 is 30.6. The van der Waals surface area contributed by atoms with E-state index in [4.69, 9.17) is 12.2 Å². The molecule has 0 aliphatic carbocycles. The third-order valence-electron chi connectivity index (χ3n) is 2.26. The van der Waals surface area contributed by atoms with E-state index in [2.05, 4.69) is 20.0 Å². The van der Waals surface area contributed by atoms with E-state index in [0.29, 0.717) is 16.2 Å². The predicted octanol–water partition coefficient (Wildman–Crippen LogP) is 2.73. The molecule has 1 aromatic carbocycles. The molecule has 8 heteroatoms. The number of H-pyrrole nitrogens is 1. The van der Waals surface area contributed by atoms with Crippen molar-refractivity contribution in [3.05, 3.63) is 40.4 Å². The number of nitrogens with one attached hydrogen (secondary N) is 1. The molecule has 100 valence electrons. The van der Waals surface area contributed by atoms with Crippen LogP contribution >= 0.6 is 12.2 Å². The highest BCUT2D eigenvalue weighted by Gasteiger charge is 2.07. The molecule has 1 heterocycles. The Hall–Kier alpha value is -2.09. The lowest BCUT2D eigenvalue weighted by Crippen LogP contribution is -2.04. The first kappa shape index (κ1) is 13.3. The topological polar surface area (TPSA) is 55.2 Å². The number of benzene rings is 1. The molecule has 1 N–H and O–H groups in total. The summed E-state index contributed by atoms with van der Waals surface area (Å²) in [7, 11) is 0. The minimum atomic E-state index is -2.88. The number of aryl methyl sites for hydroxylation is 1. The summed E-state index contributed by atoms with van der Waals surface area (Å²) in [5.74, 6) is 0.613. The van der Waals surface area contributed by atoms with E-state index >= 15 is 0 Å². The fourth-order valence-electron chi connectivity index (χ4n) is 1.42. The van der Waals surface area contributed by atoms with E-state index in [-0.39, 0.29) is 5.75 Å². The van der Waals surface area contributed by atoms with Crippen LogP contribution in [0.5, 0.6) is 5.75 Å². The van der Waals surface area contributed by atoms with E-state index in [1.54, 1.807) is 25.1 Å². The van der Waals surface area contributed by atoms with Gasteiger partial charge in [-0.25, -0.2) is 0 Å². The quantitative estimate of drug-likeness (QED) is 0.693. The van der Waals surface area contributed by atoms with Crippen LogP contribution in [0.3, 0.4) is 0 Å². The number of halogens is 2.